The first-order valence-corrected chi connectivity index (χ1v) is 4.47. The van der Waals surface area contributed by atoms with Gasteiger partial charge in [0.05, 0.1) is 6.54 Å². The average Bonchev–Trinajstić information content (AvgIpc) is 2.37. The first-order valence-electron chi connectivity index (χ1n) is 4.47. The van der Waals surface area contributed by atoms with E-state index in [0.29, 0.717) is 6.54 Å². The van der Waals surface area contributed by atoms with Gasteiger partial charge < -0.3 is 5.32 Å². The topological polar surface area (TPSA) is 51.9 Å². The molecule has 0 amide bonds. The summed E-state index contributed by atoms with van der Waals surface area (Å²) in [5, 5.41) is 7.19. The second kappa shape index (κ2) is 4.23. The van der Waals surface area contributed by atoms with Gasteiger partial charge in [0, 0.05) is 13.1 Å². The third-order valence-corrected chi connectivity index (χ3v) is 1.89. The molecular weight excluding hydrogens is 168 g/mol. The molecule has 1 heterocycles. The largest absolute Gasteiger partial charge is 0.345 e. The molecule has 0 fully saturated rings. The van der Waals surface area contributed by atoms with Crippen molar-refractivity contribution in [3.8, 4) is 0 Å². The van der Waals surface area contributed by atoms with Crippen LogP contribution in [0.15, 0.2) is 11.1 Å². The highest BCUT2D eigenvalue weighted by molar-refractivity contribution is 4.68. The molecule has 0 aliphatic carbocycles. The average molecular weight is 184 g/mol. The van der Waals surface area contributed by atoms with Gasteiger partial charge in [-0.2, -0.15) is 5.10 Å². The van der Waals surface area contributed by atoms with E-state index in [4.69, 9.17) is 0 Å². The predicted molar refractivity (Wildman–Crippen MR) is 50.6 cm³/mol. The Kier molecular flexibility index (Phi) is 3.25. The normalized spacial score (nSPS) is 13.2. The summed E-state index contributed by atoms with van der Waals surface area (Å²) in [4.78, 5) is 11.3. The zero-order valence-electron chi connectivity index (χ0n) is 8.32. The Bertz CT molecular complexity index is 314. The van der Waals surface area contributed by atoms with Crippen molar-refractivity contribution < 1.29 is 0 Å². The van der Waals surface area contributed by atoms with Crippen LogP contribution in [0.4, 0.5) is 0 Å². The van der Waals surface area contributed by atoms with Crippen LogP contribution in [0.3, 0.4) is 0 Å². The zero-order chi connectivity index (χ0) is 9.84. The molecule has 5 nitrogen and oxygen atoms in total. The lowest BCUT2D eigenvalue weighted by molar-refractivity contribution is 0.450. The van der Waals surface area contributed by atoms with Gasteiger partial charge >= 0.3 is 5.69 Å². The van der Waals surface area contributed by atoms with Gasteiger partial charge in [-0.3, -0.25) is 4.57 Å². The van der Waals surface area contributed by atoms with Crippen molar-refractivity contribution in [2.45, 2.75) is 26.4 Å². The van der Waals surface area contributed by atoms with Crippen molar-refractivity contribution in [1.29, 1.82) is 0 Å². The van der Waals surface area contributed by atoms with Crippen molar-refractivity contribution in [2.24, 2.45) is 7.05 Å². The molecule has 0 aliphatic rings. The lowest BCUT2D eigenvalue weighted by Crippen LogP contribution is -2.35. The fourth-order valence-corrected chi connectivity index (χ4v) is 1.22. The number of aryl methyl sites for hydroxylation is 1. The van der Waals surface area contributed by atoms with Crippen LogP contribution in [0.5, 0.6) is 0 Å². The number of hydrogen-bond acceptors (Lipinski definition) is 3. The van der Waals surface area contributed by atoms with Crippen molar-refractivity contribution in [1.82, 2.24) is 19.7 Å². The summed E-state index contributed by atoms with van der Waals surface area (Å²) in [5.41, 5.74) is -0.0650. The Morgan fingerprint density at radius 1 is 1.69 bits per heavy atom. The van der Waals surface area contributed by atoms with Crippen molar-refractivity contribution in [3.05, 3.63) is 16.8 Å². The highest BCUT2D eigenvalue weighted by Crippen LogP contribution is 1.85. The Balaban J connectivity index is 2.64. The molecule has 1 aromatic heterocycles. The van der Waals surface area contributed by atoms with Crippen LogP contribution in [0.2, 0.25) is 0 Å². The van der Waals surface area contributed by atoms with Gasteiger partial charge in [-0.1, -0.05) is 6.92 Å². The number of hydrogen-bond donors (Lipinski definition) is 1. The molecule has 1 unspecified atom stereocenters. The number of aromatic nitrogens is 3. The lowest BCUT2D eigenvalue weighted by atomic mass is 10.3. The molecule has 0 aromatic carbocycles. The fourth-order valence-electron chi connectivity index (χ4n) is 1.22. The molecule has 1 N–H and O–H groups in total. The number of likely N-dealkylation sites (N-methyl/N-ethyl adjacent to an activating group) is 1. The van der Waals surface area contributed by atoms with E-state index in [0.717, 1.165) is 6.54 Å². The van der Waals surface area contributed by atoms with E-state index in [1.54, 1.807) is 7.05 Å². The van der Waals surface area contributed by atoms with E-state index >= 15 is 0 Å². The van der Waals surface area contributed by atoms with E-state index in [2.05, 4.69) is 10.4 Å². The van der Waals surface area contributed by atoms with Crippen LogP contribution in [0.1, 0.15) is 13.8 Å². The Morgan fingerprint density at radius 2 is 2.38 bits per heavy atom. The third-order valence-electron chi connectivity index (χ3n) is 1.89. The maximum Gasteiger partial charge on any atom is 0.345 e. The highest BCUT2D eigenvalue weighted by Gasteiger charge is 2.05. The molecule has 0 radical (unpaired) electrons. The molecule has 0 saturated heterocycles. The summed E-state index contributed by atoms with van der Waals surface area (Å²) in [7, 11) is 1.70. The van der Waals surface area contributed by atoms with Crippen molar-refractivity contribution in [3.63, 3.8) is 0 Å². The predicted octanol–water partition coefficient (Wildman–Crippen LogP) is -0.420. The SMILES string of the molecule is CCNC(C)Cn1ncn(C)c1=O. The quantitative estimate of drug-likeness (QED) is 0.691. The summed E-state index contributed by atoms with van der Waals surface area (Å²) in [6, 6.07) is 0.276. The maximum atomic E-state index is 11.3. The van der Waals surface area contributed by atoms with Gasteiger partial charge in [0.15, 0.2) is 0 Å². The monoisotopic (exact) mass is 184 g/mol. The van der Waals surface area contributed by atoms with Crippen molar-refractivity contribution in [2.75, 3.05) is 6.54 Å². The minimum atomic E-state index is -0.0650. The minimum absolute atomic E-state index is 0.0650. The second-order valence-electron chi connectivity index (χ2n) is 3.17. The van der Waals surface area contributed by atoms with Gasteiger partial charge in [-0.05, 0) is 13.5 Å². The molecular formula is C8H16N4O. The minimum Gasteiger partial charge on any atom is -0.313 e. The number of rotatable bonds is 4. The van der Waals surface area contributed by atoms with Crippen LogP contribution in [-0.4, -0.2) is 26.9 Å². The van der Waals surface area contributed by atoms with Crippen LogP contribution in [0.25, 0.3) is 0 Å². The summed E-state index contributed by atoms with van der Waals surface area (Å²) in [5.74, 6) is 0. The highest BCUT2D eigenvalue weighted by atomic mass is 16.2. The van der Waals surface area contributed by atoms with Gasteiger partial charge in [0.2, 0.25) is 0 Å². The third kappa shape index (κ3) is 2.42. The number of nitrogens with zero attached hydrogens (tertiary/aromatic N) is 3. The smallest absolute Gasteiger partial charge is 0.313 e. The molecule has 0 bridgehead atoms. The van der Waals surface area contributed by atoms with E-state index in [9.17, 15) is 4.79 Å². The molecule has 74 valence electrons. The number of nitrogens with one attached hydrogen (secondary N) is 1. The zero-order valence-corrected chi connectivity index (χ0v) is 8.32. The standard InChI is InChI=1S/C8H16N4O/c1-4-9-7(2)5-12-8(13)11(3)6-10-12/h6-7,9H,4-5H2,1-3H3. The maximum absolute atomic E-state index is 11.3. The lowest BCUT2D eigenvalue weighted by Gasteiger charge is -2.10. The van der Waals surface area contributed by atoms with Crippen LogP contribution in [0, 0.1) is 0 Å². The fraction of sp³-hybridized carbons (Fsp3) is 0.750. The Hall–Kier alpha value is -1.10. The molecule has 0 saturated carbocycles. The van der Waals surface area contributed by atoms with E-state index in [1.807, 2.05) is 13.8 Å². The summed E-state index contributed by atoms with van der Waals surface area (Å²) >= 11 is 0. The molecule has 5 heteroatoms. The Labute approximate surface area is 77.4 Å². The second-order valence-corrected chi connectivity index (χ2v) is 3.17. The molecule has 1 atom stereocenters. The van der Waals surface area contributed by atoms with E-state index in [-0.39, 0.29) is 11.7 Å². The molecule has 1 rings (SSSR count). The molecule has 13 heavy (non-hydrogen) atoms. The molecule has 1 aromatic rings. The van der Waals surface area contributed by atoms with Gasteiger partial charge in [0.25, 0.3) is 0 Å². The summed E-state index contributed by atoms with van der Waals surface area (Å²) < 4.78 is 2.94. The van der Waals surface area contributed by atoms with Gasteiger partial charge in [-0.25, -0.2) is 9.48 Å². The molecule has 0 aliphatic heterocycles. The van der Waals surface area contributed by atoms with Crippen LogP contribution in [-0.2, 0) is 13.6 Å². The first kappa shape index (κ1) is 9.98. The molecule has 0 spiro atoms. The Morgan fingerprint density at radius 3 is 2.85 bits per heavy atom. The van der Waals surface area contributed by atoms with Crippen molar-refractivity contribution >= 4 is 0 Å². The van der Waals surface area contributed by atoms with Gasteiger partial charge in [-0.15, -0.1) is 0 Å². The van der Waals surface area contributed by atoms with E-state index < -0.39 is 0 Å². The van der Waals surface area contributed by atoms with Crippen LogP contribution >= 0.6 is 0 Å². The first-order chi connectivity index (χ1) is 6.15. The summed E-state index contributed by atoms with van der Waals surface area (Å²) in [6.07, 6.45) is 1.53. The summed E-state index contributed by atoms with van der Waals surface area (Å²) in [6.45, 7) is 5.60. The van der Waals surface area contributed by atoms with Gasteiger partial charge in [0.1, 0.15) is 6.33 Å². The van der Waals surface area contributed by atoms with E-state index in [1.165, 1.54) is 15.6 Å². The van der Waals surface area contributed by atoms with Crippen LogP contribution < -0.4 is 11.0 Å².